The van der Waals surface area contributed by atoms with E-state index in [4.69, 9.17) is 0 Å². The highest BCUT2D eigenvalue weighted by atomic mass is 19.4. The van der Waals surface area contributed by atoms with Gasteiger partial charge in [0.2, 0.25) is 0 Å². The lowest BCUT2D eigenvalue weighted by atomic mass is 9.91. The number of nitrogens with zero attached hydrogens (tertiary/aromatic N) is 5. The third kappa shape index (κ3) is 3.33. The van der Waals surface area contributed by atoms with Gasteiger partial charge in [0.25, 0.3) is 5.91 Å². The predicted molar refractivity (Wildman–Crippen MR) is 113 cm³/mol. The van der Waals surface area contributed by atoms with Gasteiger partial charge in [0, 0.05) is 18.3 Å². The molecule has 1 N–H and O–H groups in total. The Morgan fingerprint density at radius 3 is 2.59 bits per heavy atom. The number of nitrogens with one attached hydrogen (secondary N) is 1. The van der Waals surface area contributed by atoms with Crippen LogP contribution in [0.15, 0.2) is 48.9 Å². The van der Waals surface area contributed by atoms with E-state index in [1.165, 1.54) is 17.2 Å². The second-order valence-corrected chi connectivity index (χ2v) is 9.05. The van der Waals surface area contributed by atoms with Crippen LogP contribution in [0.3, 0.4) is 0 Å². The van der Waals surface area contributed by atoms with Crippen molar-refractivity contribution < 1.29 is 22.4 Å². The molecule has 2 saturated heterocycles. The average molecular weight is 472 g/mol. The molecule has 6 rings (SSSR count). The average Bonchev–Trinajstić information content (AvgIpc) is 3.31. The van der Waals surface area contributed by atoms with Crippen LogP contribution < -0.4 is 5.32 Å². The number of benzene rings is 1. The van der Waals surface area contributed by atoms with Crippen molar-refractivity contribution in [2.24, 2.45) is 11.8 Å². The molecule has 1 aromatic carbocycles. The molecule has 34 heavy (non-hydrogen) atoms. The Balaban J connectivity index is 1.30. The van der Waals surface area contributed by atoms with Gasteiger partial charge in [-0.2, -0.15) is 28.2 Å². The summed E-state index contributed by atoms with van der Waals surface area (Å²) in [6, 6.07) is 7.13. The quantitative estimate of drug-likeness (QED) is 0.583. The topological polar surface area (TPSA) is 75.9 Å². The van der Waals surface area contributed by atoms with Gasteiger partial charge >= 0.3 is 6.18 Å². The van der Waals surface area contributed by atoms with Gasteiger partial charge < -0.3 is 10.2 Å². The number of aromatic nitrogens is 4. The largest absolute Gasteiger partial charge is 0.417 e. The number of hydrogen-bond donors (Lipinski definition) is 1. The van der Waals surface area contributed by atoms with Crippen molar-refractivity contribution in [3.05, 3.63) is 65.9 Å². The first kappa shape index (κ1) is 21.1. The van der Waals surface area contributed by atoms with E-state index in [9.17, 15) is 22.4 Å². The minimum atomic E-state index is -4.67. The number of amides is 1. The molecule has 2 aliphatic heterocycles. The molecule has 5 atom stereocenters. The molecule has 3 aliphatic rings. The maximum absolute atomic E-state index is 14.5. The molecule has 7 nitrogen and oxygen atoms in total. The van der Waals surface area contributed by atoms with Crippen LogP contribution in [0.25, 0.3) is 5.69 Å². The Morgan fingerprint density at radius 1 is 1.09 bits per heavy atom. The van der Waals surface area contributed by atoms with Crippen molar-refractivity contribution in [2.75, 3.05) is 5.32 Å². The van der Waals surface area contributed by atoms with E-state index in [2.05, 4.69) is 20.5 Å². The van der Waals surface area contributed by atoms with Crippen LogP contribution in [-0.4, -0.2) is 48.9 Å². The lowest BCUT2D eigenvalue weighted by Crippen LogP contribution is -2.55. The Morgan fingerprint density at radius 2 is 1.85 bits per heavy atom. The first-order chi connectivity index (χ1) is 16.3. The normalized spacial score (nSPS) is 27.4. The van der Waals surface area contributed by atoms with Crippen molar-refractivity contribution in [1.29, 1.82) is 0 Å². The van der Waals surface area contributed by atoms with E-state index in [0.29, 0.717) is 35.9 Å². The molecule has 3 aromatic rings. The van der Waals surface area contributed by atoms with Crippen LogP contribution in [-0.2, 0) is 6.18 Å². The zero-order chi connectivity index (χ0) is 23.6. The highest BCUT2D eigenvalue weighted by Crippen LogP contribution is 2.58. The third-order valence-electron chi connectivity index (χ3n) is 7.25. The van der Waals surface area contributed by atoms with Gasteiger partial charge in [0.05, 0.1) is 35.2 Å². The molecule has 2 aromatic heterocycles. The summed E-state index contributed by atoms with van der Waals surface area (Å²) in [6.45, 7) is 0. The zero-order valence-electron chi connectivity index (χ0n) is 17.8. The molecule has 11 heteroatoms. The Hall–Kier alpha value is -3.50. The number of halogens is 4. The van der Waals surface area contributed by atoms with E-state index in [1.54, 1.807) is 24.3 Å². The summed E-state index contributed by atoms with van der Waals surface area (Å²) < 4.78 is 53.2. The number of rotatable bonds is 4. The van der Waals surface area contributed by atoms with Gasteiger partial charge in [-0.25, -0.2) is 9.37 Å². The molecule has 1 saturated carbocycles. The minimum absolute atomic E-state index is 0.119. The fraction of sp³-hybridized carbons (Fsp3) is 0.391. The molecule has 3 fully saturated rings. The van der Waals surface area contributed by atoms with Crippen LogP contribution >= 0.6 is 0 Å². The van der Waals surface area contributed by atoms with Gasteiger partial charge in [-0.1, -0.05) is 12.1 Å². The Kier molecular flexibility index (Phi) is 4.65. The number of pyridine rings is 1. The SMILES string of the molecule is O=C(c1ccccc1-n1nccn1)N1C2CCC3C(CC2Nc2ncc(C(F)(F)F)cc2F)C31. The molecule has 1 amide bonds. The van der Waals surface area contributed by atoms with Crippen molar-refractivity contribution >= 4 is 11.7 Å². The van der Waals surface area contributed by atoms with Crippen LogP contribution in [0.5, 0.6) is 0 Å². The lowest BCUT2D eigenvalue weighted by molar-refractivity contribution is -0.138. The van der Waals surface area contributed by atoms with Crippen molar-refractivity contribution in [3.63, 3.8) is 0 Å². The van der Waals surface area contributed by atoms with E-state index >= 15 is 0 Å². The number of alkyl halides is 3. The molecule has 1 aliphatic carbocycles. The van der Waals surface area contributed by atoms with E-state index in [1.807, 2.05) is 4.90 Å². The lowest BCUT2D eigenvalue weighted by Gasteiger charge is -2.43. The number of carbonyl (C=O) groups is 1. The number of carbonyl (C=O) groups excluding carboxylic acids is 1. The molecular weight excluding hydrogens is 452 g/mol. The summed E-state index contributed by atoms with van der Waals surface area (Å²) in [5.74, 6) is -0.785. The third-order valence-corrected chi connectivity index (χ3v) is 7.25. The van der Waals surface area contributed by atoms with Gasteiger partial charge in [0.1, 0.15) is 0 Å². The number of para-hydroxylation sites is 1. The maximum Gasteiger partial charge on any atom is 0.417 e. The standard InChI is InChI=1S/C23H20F4N6O/c24-16-9-12(23(25,26)27)11-28-21(16)31-17-10-15-13-5-6-19(17)32(20(13)15)22(34)14-3-1-2-4-18(14)33-29-7-8-30-33/h1-4,7-9,11,13,15,17,19-20H,5-6,10H2,(H,28,31). The summed E-state index contributed by atoms with van der Waals surface area (Å²) in [5.41, 5.74) is -0.103. The van der Waals surface area contributed by atoms with E-state index < -0.39 is 17.6 Å². The van der Waals surface area contributed by atoms with Crippen molar-refractivity contribution in [3.8, 4) is 5.69 Å². The smallest absolute Gasteiger partial charge is 0.363 e. The monoisotopic (exact) mass is 472 g/mol. The molecule has 0 spiro atoms. The Bertz CT molecular complexity index is 1250. The van der Waals surface area contributed by atoms with E-state index in [-0.39, 0.29) is 35.8 Å². The molecule has 4 heterocycles. The van der Waals surface area contributed by atoms with E-state index in [0.717, 1.165) is 12.8 Å². The summed E-state index contributed by atoms with van der Waals surface area (Å²) in [6.07, 6.45) is 1.44. The van der Waals surface area contributed by atoms with Gasteiger partial charge in [-0.05, 0) is 49.3 Å². The second-order valence-electron chi connectivity index (χ2n) is 9.05. The van der Waals surface area contributed by atoms with Gasteiger partial charge in [0.15, 0.2) is 11.6 Å². The van der Waals surface area contributed by atoms with Crippen molar-refractivity contribution in [1.82, 2.24) is 24.9 Å². The molecule has 176 valence electrons. The number of anilines is 1. The molecular formula is C23H20F4N6O. The predicted octanol–water partition coefficient (Wildman–Crippen LogP) is 3.92. The number of fused-ring (bicyclic) bond motifs is 2. The number of hydrogen-bond acceptors (Lipinski definition) is 5. The molecule has 0 radical (unpaired) electrons. The second kappa shape index (κ2) is 7.51. The fourth-order valence-electron chi connectivity index (χ4n) is 5.73. The van der Waals surface area contributed by atoms with Crippen LogP contribution in [0, 0.1) is 17.7 Å². The number of piperidine rings is 2. The first-order valence-electron chi connectivity index (χ1n) is 11.1. The first-order valence-corrected chi connectivity index (χ1v) is 11.1. The Labute approximate surface area is 191 Å². The summed E-state index contributed by atoms with van der Waals surface area (Å²) in [7, 11) is 0. The highest BCUT2D eigenvalue weighted by molar-refractivity contribution is 5.98. The molecule has 2 bridgehead atoms. The van der Waals surface area contributed by atoms with Crippen molar-refractivity contribution in [2.45, 2.75) is 43.6 Å². The summed E-state index contributed by atoms with van der Waals surface area (Å²) in [4.78, 5) is 20.8. The van der Waals surface area contributed by atoms with Crippen LogP contribution in [0.4, 0.5) is 23.4 Å². The zero-order valence-corrected chi connectivity index (χ0v) is 17.8. The summed E-state index contributed by atoms with van der Waals surface area (Å²) >= 11 is 0. The van der Waals surface area contributed by atoms with Crippen LogP contribution in [0.1, 0.15) is 35.2 Å². The van der Waals surface area contributed by atoms with Gasteiger partial charge in [-0.3, -0.25) is 4.79 Å². The maximum atomic E-state index is 14.5. The van der Waals surface area contributed by atoms with Gasteiger partial charge in [-0.15, -0.1) is 0 Å². The van der Waals surface area contributed by atoms with Crippen LogP contribution in [0.2, 0.25) is 0 Å². The highest BCUT2D eigenvalue weighted by Gasteiger charge is 2.64. The fourth-order valence-corrected chi connectivity index (χ4v) is 5.73. The minimum Gasteiger partial charge on any atom is -0.363 e. The summed E-state index contributed by atoms with van der Waals surface area (Å²) in [5, 5.41) is 11.3. The molecule has 5 unspecified atom stereocenters.